The van der Waals surface area contributed by atoms with Crippen LogP contribution in [0.3, 0.4) is 0 Å². The Morgan fingerprint density at radius 3 is 2.71 bits per heavy atom. The topological polar surface area (TPSA) is 74.2 Å². The van der Waals surface area contributed by atoms with Crippen LogP contribution in [-0.4, -0.2) is 11.1 Å². The van der Waals surface area contributed by atoms with Crippen LogP contribution in [0, 0.1) is 0 Å². The van der Waals surface area contributed by atoms with E-state index in [-0.39, 0.29) is 0 Å². The molecule has 1 aromatic heterocycles. The molecule has 1 aromatic rings. The summed E-state index contributed by atoms with van der Waals surface area (Å²) in [6.07, 6.45) is 4.34. The molecule has 2 rings (SSSR count). The van der Waals surface area contributed by atoms with Crippen molar-refractivity contribution < 1.29 is 4.74 Å². The second-order valence-electron chi connectivity index (χ2n) is 3.47. The van der Waals surface area contributed by atoms with Gasteiger partial charge < -0.3 is 16.2 Å². The molecule has 1 heterocycles. The molecule has 0 aromatic carbocycles. The predicted molar refractivity (Wildman–Crippen MR) is 53.7 cm³/mol. The third-order valence-electron chi connectivity index (χ3n) is 2.28. The minimum absolute atomic E-state index is 0.356. The Morgan fingerprint density at radius 1 is 1.36 bits per heavy atom. The van der Waals surface area contributed by atoms with Gasteiger partial charge >= 0.3 is 0 Å². The molecule has 0 radical (unpaired) electrons. The average Bonchev–Trinajstić information content (AvgIpc) is 3.02. The van der Waals surface area contributed by atoms with E-state index in [0.717, 1.165) is 29.8 Å². The molecule has 0 spiro atoms. The Hall–Kier alpha value is -1.13. The van der Waals surface area contributed by atoms with Crippen LogP contribution >= 0.6 is 0 Å². The van der Waals surface area contributed by atoms with E-state index in [0.29, 0.717) is 19.2 Å². The summed E-state index contributed by atoms with van der Waals surface area (Å²) in [5, 5.41) is 0. The van der Waals surface area contributed by atoms with Gasteiger partial charge in [-0.25, -0.2) is 0 Å². The van der Waals surface area contributed by atoms with Crippen molar-refractivity contribution in [1.29, 1.82) is 0 Å². The molecule has 0 atom stereocenters. The number of aromatic nitrogens is 1. The number of ether oxygens (including phenoxy) is 1. The van der Waals surface area contributed by atoms with Crippen LogP contribution in [0.5, 0.6) is 5.75 Å². The highest BCUT2D eigenvalue weighted by Gasteiger charge is 2.25. The van der Waals surface area contributed by atoms with Gasteiger partial charge in [0, 0.05) is 24.8 Å². The highest BCUT2D eigenvalue weighted by atomic mass is 16.5. The van der Waals surface area contributed by atoms with E-state index in [2.05, 4.69) is 4.98 Å². The number of nitrogens with zero attached hydrogens (tertiary/aromatic N) is 1. The summed E-state index contributed by atoms with van der Waals surface area (Å²) >= 11 is 0. The molecule has 4 heteroatoms. The first-order chi connectivity index (χ1) is 6.85. The maximum absolute atomic E-state index is 5.75. The van der Waals surface area contributed by atoms with Crippen molar-refractivity contribution >= 4 is 0 Å². The van der Waals surface area contributed by atoms with E-state index in [1.165, 1.54) is 0 Å². The summed E-state index contributed by atoms with van der Waals surface area (Å²) in [5.74, 6) is 0.806. The molecule has 4 nitrogen and oxygen atoms in total. The van der Waals surface area contributed by atoms with Crippen LogP contribution in [0.4, 0.5) is 0 Å². The molecule has 1 fully saturated rings. The molecular formula is C10H15N3O. The first kappa shape index (κ1) is 9.43. The van der Waals surface area contributed by atoms with E-state index in [4.69, 9.17) is 16.2 Å². The Kier molecular flexibility index (Phi) is 2.65. The highest BCUT2D eigenvalue weighted by molar-refractivity contribution is 5.37. The number of hydrogen-bond acceptors (Lipinski definition) is 4. The van der Waals surface area contributed by atoms with E-state index in [9.17, 15) is 0 Å². The summed E-state index contributed by atoms with van der Waals surface area (Å²) in [6.45, 7) is 0.869. The second kappa shape index (κ2) is 3.94. The smallest absolute Gasteiger partial charge is 0.147 e. The monoisotopic (exact) mass is 193 g/mol. The molecule has 0 saturated heterocycles. The van der Waals surface area contributed by atoms with Gasteiger partial charge in [-0.05, 0) is 18.9 Å². The van der Waals surface area contributed by atoms with E-state index < -0.39 is 0 Å². The van der Waals surface area contributed by atoms with E-state index in [1.807, 2.05) is 6.07 Å². The Bertz CT molecular complexity index is 301. The fourth-order valence-electron chi connectivity index (χ4n) is 1.34. The van der Waals surface area contributed by atoms with Crippen LogP contribution in [-0.2, 0) is 13.1 Å². The molecule has 0 aliphatic heterocycles. The third-order valence-corrected chi connectivity index (χ3v) is 2.28. The fourth-order valence-corrected chi connectivity index (χ4v) is 1.34. The molecular weight excluding hydrogens is 178 g/mol. The molecule has 0 amide bonds. The summed E-state index contributed by atoms with van der Waals surface area (Å²) in [7, 11) is 0. The summed E-state index contributed by atoms with van der Waals surface area (Å²) in [4.78, 5) is 4.18. The van der Waals surface area contributed by atoms with Gasteiger partial charge in [0.1, 0.15) is 5.75 Å². The SMILES string of the molecule is NCc1ccnc(CN)c1OC1CC1. The summed E-state index contributed by atoms with van der Waals surface area (Å²) in [5.41, 5.74) is 13.0. The lowest BCUT2D eigenvalue weighted by molar-refractivity contribution is 0.295. The van der Waals surface area contributed by atoms with Crippen molar-refractivity contribution in [3.63, 3.8) is 0 Å². The van der Waals surface area contributed by atoms with Gasteiger partial charge in [-0.1, -0.05) is 0 Å². The Labute approximate surface area is 83.3 Å². The number of hydrogen-bond donors (Lipinski definition) is 2. The fraction of sp³-hybridized carbons (Fsp3) is 0.500. The second-order valence-corrected chi connectivity index (χ2v) is 3.47. The largest absolute Gasteiger partial charge is 0.488 e. The van der Waals surface area contributed by atoms with Crippen LogP contribution in [0.25, 0.3) is 0 Å². The van der Waals surface area contributed by atoms with Crippen LogP contribution in [0.15, 0.2) is 12.3 Å². The van der Waals surface area contributed by atoms with Crippen molar-refractivity contribution in [3.05, 3.63) is 23.5 Å². The van der Waals surface area contributed by atoms with Gasteiger partial charge in [-0.3, -0.25) is 4.98 Å². The van der Waals surface area contributed by atoms with E-state index in [1.54, 1.807) is 6.20 Å². The Balaban J connectivity index is 2.29. The maximum Gasteiger partial charge on any atom is 0.147 e. The first-order valence-corrected chi connectivity index (χ1v) is 4.88. The summed E-state index contributed by atoms with van der Waals surface area (Å²) in [6, 6.07) is 1.89. The summed E-state index contributed by atoms with van der Waals surface area (Å²) < 4.78 is 5.75. The number of nitrogens with two attached hydrogens (primary N) is 2. The van der Waals surface area contributed by atoms with Gasteiger partial charge in [0.05, 0.1) is 11.8 Å². The van der Waals surface area contributed by atoms with Gasteiger partial charge in [0.2, 0.25) is 0 Å². The van der Waals surface area contributed by atoms with Gasteiger partial charge in [0.25, 0.3) is 0 Å². The molecule has 1 saturated carbocycles. The molecule has 0 bridgehead atoms. The molecule has 1 aliphatic carbocycles. The van der Waals surface area contributed by atoms with Crippen molar-refractivity contribution in [1.82, 2.24) is 4.98 Å². The maximum atomic E-state index is 5.75. The lowest BCUT2D eigenvalue weighted by atomic mass is 10.2. The quantitative estimate of drug-likeness (QED) is 0.732. The zero-order valence-electron chi connectivity index (χ0n) is 8.07. The number of pyridine rings is 1. The highest BCUT2D eigenvalue weighted by Crippen LogP contribution is 2.30. The van der Waals surface area contributed by atoms with Crippen LogP contribution in [0.2, 0.25) is 0 Å². The normalized spacial score (nSPS) is 15.6. The van der Waals surface area contributed by atoms with Gasteiger partial charge in [-0.15, -0.1) is 0 Å². The van der Waals surface area contributed by atoms with Crippen molar-refractivity contribution in [2.45, 2.75) is 32.0 Å². The van der Waals surface area contributed by atoms with Gasteiger partial charge in [0.15, 0.2) is 0 Å². The van der Waals surface area contributed by atoms with Crippen molar-refractivity contribution in [2.75, 3.05) is 0 Å². The average molecular weight is 193 g/mol. The first-order valence-electron chi connectivity index (χ1n) is 4.88. The molecule has 14 heavy (non-hydrogen) atoms. The number of rotatable bonds is 4. The zero-order valence-corrected chi connectivity index (χ0v) is 8.07. The van der Waals surface area contributed by atoms with Crippen LogP contribution < -0.4 is 16.2 Å². The molecule has 76 valence electrons. The predicted octanol–water partition coefficient (Wildman–Crippen LogP) is 0.540. The standard InChI is InChI=1S/C10H15N3O/c11-5-7-3-4-13-9(6-12)10(7)14-8-1-2-8/h3-4,8H,1-2,5-6,11-12H2. The van der Waals surface area contributed by atoms with Crippen LogP contribution in [0.1, 0.15) is 24.1 Å². The third kappa shape index (κ3) is 1.86. The Morgan fingerprint density at radius 2 is 2.14 bits per heavy atom. The van der Waals surface area contributed by atoms with E-state index >= 15 is 0 Å². The zero-order chi connectivity index (χ0) is 9.97. The lowest BCUT2D eigenvalue weighted by Gasteiger charge is -2.12. The minimum Gasteiger partial charge on any atom is -0.488 e. The van der Waals surface area contributed by atoms with Crippen molar-refractivity contribution in [2.24, 2.45) is 11.5 Å². The van der Waals surface area contributed by atoms with Crippen molar-refractivity contribution in [3.8, 4) is 5.75 Å². The minimum atomic E-state index is 0.356. The molecule has 0 unspecified atom stereocenters. The van der Waals surface area contributed by atoms with Gasteiger partial charge in [-0.2, -0.15) is 0 Å². The molecule has 4 N–H and O–H groups in total. The molecule has 1 aliphatic rings. The lowest BCUT2D eigenvalue weighted by Crippen LogP contribution is -2.10.